The van der Waals surface area contributed by atoms with Crippen LogP contribution < -0.4 is 5.73 Å². The van der Waals surface area contributed by atoms with E-state index in [1.807, 2.05) is 17.9 Å². The minimum Gasteiger partial charge on any atom is -0.351 e. The van der Waals surface area contributed by atoms with E-state index >= 15 is 0 Å². The molecule has 2 aromatic rings. The normalized spacial score (nSPS) is 12.8. The van der Waals surface area contributed by atoms with Crippen molar-refractivity contribution in [2.24, 2.45) is 12.8 Å². The van der Waals surface area contributed by atoms with Gasteiger partial charge in [-0.25, -0.2) is 0 Å². The number of aryl methyl sites for hydroxylation is 3. The largest absolute Gasteiger partial charge is 0.351 e. The van der Waals surface area contributed by atoms with Crippen molar-refractivity contribution in [3.63, 3.8) is 0 Å². The highest BCUT2D eigenvalue weighted by Crippen LogP contribution is 2.08. The molecule has 2 aromatic heterocycles. The molecular formula is C14H22N4. The zero-order valence-electron chi connectivity index (χ0n) is 11.2. The van der Waals surface area contributed by atoms with Crippen molar-refractivity contribution in [1.29, 1.82) is 0 Å². The first-order valence-corrected chi connectivity index (χ1v) is 6.57. The highest BCUT2D eigenvalue weighted by molar-refractivity contribution is 5.09. The zero-order valence-corrected chi connectivity index (χ0v) is 11.2. The molecule has 0 fully saturated rings. The van der Waals surface area contributed by atoms with Crippen LogP contribution >= 0.6 is 0 Å². The molecule has 4 heteroatoms. The summed E-state index contributed by atoms with van der Waals surface area (Å²) in [5.41, 5.74) is 8.60. The quantitative estimate of drug-likeness (QED) is 0.844. The predicted octanol–water partition coefficient (Wildman–Crippen LogP) is 1.74. The predicted molar refractivity (Wildman–Crippen MR) is 73.3 cm³/mol. The van der Waals surface area contributed by atoms with Gasteiger partial charge in [0.05, 0.1) is 0 Å². The Morgan fingerprint density at radius 3 is 2.83 bits per heavy atom. The van der Waals surface area contributed by atoms with Crippen LogP contribution in [0.3, 0.4) is 0 Å². The van der Waals surface area contributed by atoms with Gasteiger partial charge in [0.25, 0.3) is 0 Å². The maximum Gasteiger partial charge on any atom is 0.0492 e. The highest BCUT2D eigenvalue weighted by atomic mass is 15.3. The van der Waals surface area contributed by atoms with E-state index in [1.165, 1.54) is 11.4 Å². The average molecular weight is 246 g/mol. The van der Waals surface area contributed by atoms with Crippen molar-refractivity contribution < 1.29 is 0 Å². The lowest BCUT2D eigenvalue weighted by Gasteiger charge is -2.12. The summed E-state index contributed by atoms with van der Waals surface area (Å²) in [5, 5.41) is 4.19. The van der Waals surface area contributed by atoms with Crippen LogP contribution in [0.5, 0.6) is 0 Å². The van der Waals surface area contributed by atoms with Crippen molar-refractivity contribution in [1.82, 2.24) is 14.3 Å². The van der Waals surface area contributed by atoms with Crippen LogP contribution in [-0.2, 0) is 26.4 Å². The van der Waals surface area contributed by atoms with E-state index in [4.69, 9.17) is 5.73 Å². The third kappa shape index (κ3) is 3.01. The lowest BCUT2D eigenvalue weighted by atomic mass is 10.1. The van der Waals surface area contributed by atoms with Crippen molar-refractivity contribution in [3.05, 3.63) is 42.0 Å². The first-order valence-electron chi connectivity index (χ1n) is 6.57. The topological polar surface area (TPSA) is 48.8 Å². The molecule has 1 unspecified atom stereocenters. The Kier molecular flexibility index (Phi) is 4.20. The monoisotopic (exact) mass is 246 g/mol. The molecule has 1 atom stereocenters. The fraction of sp³-hybridized carbons (Fsp3) is 0.500. The smallest absolute Gasteiger partial charge is 0.0492 e. The zero-order chi connectivity index (χ0) is 13.0. The average Bonchev–Trinajstić information content (AvgIpc) is 2.96. The summed E-state index contributed by atoms with van der Waals surface area (Å²) in [4.78, 5) is 0. The van der Waals surface area contributed by atoms with Crippen LogP contribution in [0, 0.1) is 0 Å². The Morgan fingerprint density at radius 1 is 1.33 bits per heavy atom. The third-order valence-corrected chi connectivity index (χ3v) is 3.45. The summed E-state index contributed by atoms with van der Waals surface area (Å²) in [6, 6.07) is 6.59. The summed E-state index contributed by atoms with van der Waals surface area (Å²) in [7, 11) is 1.99. The van der Waals surface area contributed by atoms with E-state index in [-0.39, 0.29) is 6.04 Å². The van der Waals surface area contributed by atoms with Crippen LogP contribution in [0.15, 0.2) is 30.6 Å². The van der Waals surface area contributed by atoms with Gasteiger partial charge >= 0.3 is 0 Å². The van der Waals surface area contributed by atoms with Crippen molar-refractivity contribution in [2.75, 3.05) is 0 Å². The van der Waals surface area contributed by atoms with Gasteiger partial charge in [-0.15, -0.1) is 0 Å². The van der Waals surface area contributed by atoms with E-state index in [1.54, 1.807) is 0 Å². The summed E-state index contributed by atoms with van der Waals surface area (Å²) in [6.45, 7) is 3.12. The molecule has 0 saturated heterocycles. The van der Waals surface area contributed by atoms with Crippen LogP contribution in [0.25, 0.3) is 0 Å². The Morgan fingerprint density at radius 2 is 2.17 bits per heavy atom. The van der Waals surface area contributed by atoms with E-state index < -0.39 is 0 Å². The summed E-state index contributed by atoms with van der Waals surface area (Å²) in [6.07, 6.45) is 6.95. The molecule has 0 aliphatic rings. The standard InChI is InChI=1S/C14H22N4/c1-3-12(15)11-14-5-4-9-18(14)10-7-13-6-8-16-17(13)2/h4-6,8-9,12H,3,7,10-11,15H2,1-2H3. The van der Waals surface area contributed by atoms with Crippen LogP contribution in [0.2, 0.25) is 0 Å². The molecule has 0 aliphatic carbocycles. The van der Waals surface area contributed by atoms with Gasteiger partial charge < -0.3 is 10.3 Å². The molecule has 2 heterocycles. The van der Waals surface area contributed by atoms with Gasteiger partial charge in [0.1, 0.15) is 0 Å². The van der Waals surface area contributed by atoms with Crippen LogP contribution in [0.4, 0.5) is 0 Å². The first-order chi connectivity index (χ1) is 8.70. The Hall–Kier alpha value is -1.55. The molecule has 2 N–H and O–H groups in total. The number of aromatic nitrogens is 3. The Balaban J connectivity index is 1.97. The molecule has 18 heavy (non-hydrogen) atoms. The molecule has 0 bridgehead atoms. The summed E-state index contributed by atoms with van der Waals surface area (Å²) < 4.78 is 4.23. The Labute approximate surface area is 108 Å². The van der Waals surface area contributed by atoms with E-state index in [9.17, 15) is 0 Å². The van der Waals surface area contributed by atoms with Crippen molar-refractivity contribution >= 4 is 0 Å². The molecule has 0 saturated carbocycles. The van der Waals surface area contributed by atoms with Gasteiger partial charge in [-0.3, -0.25) is 4.68 Å². The number of nitrogens with zero attached hydrogens (tertiary/aromatic N) is 3. The lowest BCUT2D eigenvalue weighted by Crippen LogP contribution is -2.23. The van der Waals surface area contributed by atoms with Gasteiger partial charge in [-0.05, 0) is 24.6 Å². The van der Waals surface area contributed by atoms with Crippen molar-refractivity contribution in [2.45, 2.75) is 38.8 Å². The summed E-state index contributed by atoms with van der Waals surface area (Å²) >= 11 is 0. The SMILES string of the molecule is CCC(N)Cc1cccn1CCc1ccnn1C. The van der Waals surface area contributed by atoms with Gasteiger partial charge in [0.2, 0.25) is 0 Å². The van der Waals surface area contributed by atoms with Gasteiger partial charge in [-0.1, -0.05) is 6.92 Å². The second kappa shape index (κ2) is 5.87. The highest BCUT2D eigenvalue weighted by Gasteiger charge is 2.06. The van der Waals surface area contributed by atoms with E-state index in [0.29, 0.717) is 0 Å². The van der Waals surface area contributed by atoms with Gasteiger partial charge in [0.15, 0.2) is 0 Å². The minimum absolute atomic E-state index is 0.260. The number of nitrogens with two attached hydrogens (primary N) is 1. The molecule has 0 amide bonds. The molecule has 0 spiro atoms. The number of rotatable bonds is 6. The molecular weight excluding hydrogens is 224 g/mol. The van der Waals surface area contributed by atoms with Crippen LogP contribution in [-0.4, -0.2) is 20.4 Å². The fourth-order valence-electron chi connectivity index (χ4n) is 2.15. The van der Waals surface area contributed by atoms with E-state index in [2.05, 4.69) is 41.0 Å². The molecule has 0 radical (unpaired) electrons. The molecule has 0 aromatic carbocycles. The Bertz CT molecular complexity index is 483. The minimum atomic E-state index is 0.260. The maximum absolute atomic E-state index is 6.02. The second-order valence-corrected chi connectivity index (χ2v) is 4.76. The van der Waals surface area contributed by atoms with Crippen molar-refractivity contribution in [3.8, 4) is 0 Å². The molecule has 2 rings (SSSR count). The summed E-state index contributed by atoms with van der Waals surface area (Å²) in [5.74, 6) is 0. The van der Waals surface area contributed by atoms with Gasteiger partial charge in [-0.2, -0.15) is 5.10 Å². The number of hydrogen-bond donors (Lipinski definition) is 1. The number of hydrogen-bond acceptors (Lipinski definition) is 2. The first kappa shape index (κ1) is 12.9. The second-order valence-electron chi connectivity index (χ2n) is 4.76. The van der Waals surface area contributed by atoms with Gasteiger partial charge in [0, 0.05) is 56.3 Å². The molecule has 4 nitrogen and oxygen atoms in total. The fourth-order valence-corrected chi connectivity index (χ4v) is 2.15. The molecule has 0 aliphatic heterocycles. The maximum atomic E-state index is 6.02. The van der Waals surface area contributed by atoms with Crippen LogP contribution in [0.1, 0.15) is 24.7 Å². The third-order valence-electron chi connectivity index (χ3n) is 3.45. The molecule has 98 valence electrons. The lowest BCUT2D eigenvalue weighted by molar-refractivity contribution is 0.579. The van der Waals surface area contributed by atoms with E-state index in [0.717, 1.165) is 25.8 Å².